The van der Waals surface area contributed by atoms with Crippen LogP contribution in [0.5, 0.6) is 17.2 Å². The van der Waals surface area contributed by atoms with Gasteiger partial charge in [-0.05, 0) is 64.7 Å². The van der Waals surface area contributed by atoms with Gasteiger partial charge < -0.3 is 19.5 Å². The average molecular weight is 443 g/mol. The summed E-state index contributed by atoms with van der Waals surface area (Å²) in [5.74, 6) is 1.82. The van der Waals surface area contributed by atoms with Crippen molar-refractivity contribution >= 4 is 33.4 Å². The number of ether oxygens (including phenoxy) is 3. The van der Waals surface area contributed by atoms with E-state index < -0.39 is 0 Å². The lowest BCUT2D eigenvalue weighted by molar-refractivity contribution is -0.123. The predicted octanol–water partition coefficient (Wildman–Crippen LogP) is 4.25. The van der Waals surface area contributed by atoms with Crippen LogP contribution in [0.1, 0.15) is 12.0 Å². The Kier molecular flexibility index (Phi) is 8.06. The molecule has 0 aromatic heterocycles. The normalized spacial score (nSPS) is 10.3. The minimum atomic E-state index is -0.167. The van der Waals surface area contributed by atoms with Crippen molar-refractivity contribution in [3.05, 3.63) is 51.5 Å². The minimum Gasteiger partial charge on any atom is -0.493 e. The summed E-state index contributed by atoms with van der Waals surface area (Å²) in [6.45, 7) is 0.523. The zero-order chi connectivity index (χ0) is 18.9. The summed E-state index contributed by atoms with van der Waals surface area (Å²) in [6.07, 6.45) is 1.64. The highest BCUT2D eigenvalue weighted by atomic mass is 79.9. The summed E-state index contributed by atoms with van der Waals surface area (Å²) >= 11 is 9.22. The van der Waals surface area contributed by atoms with Crippen LogP contribution < -0.4 is 19.5 Å². The number of hydrogen-bond acceptors (Lipinski definition) is 4. The fraction of sp³-hybridized carbons (Fsp3) is 0.316. The number of benzene rings is 2. The second-order valence-corrected chi connectivity index (χ2v) is 6.80. The standard InChI is InChI=1S/C19H21BrClNO4/c1-24-17-7-5-13(10-18(17)25-2)4-3-9-22-19(23)12-26-16-8-6-14(21)11-15(16)20/h5-8,10-11H,3-4,9,12H2,1-2H3,(H,22,23). The quantitative estimate of drug-likeness (QED) is 0.590. The van der Waals surface area contributed by atoms with E-state index in [1.54, 1.807) is 32.4 Å². The molecule has 0 aliphatic carbocycles. The first-order chi connectivity index (χ1) is 12.5. The molecule has 2 aromatic rings. The molecule has 0 saturated carbocycles. The van der Waals surface area contributed by atoms with E-state index in [-0.39, 0.29) is 12.5 Å². The maximum Gasteiger partial charge on any atom is 0.257 e. The first kappa shape index (κ1) is 20.4. The van der Waals surface area contributed by atoms with Gasteiger partial charge >= 0.3 is 0 Å². The third-order valence-corrected chi connectivity index (χ3v) is 4.52. The van der Waals surface area contributed by atoms with Crippen LogP contribution in [0.3, 0.4) is 0 Å². The molecular weight excluding hydrogens is 422 g/mol. The lowest BCUT2D eigenvalue weighted by Gasteiger charge is -2.10. The first-order valence-electron chi connectivity index (χ1n) is 8.09. The van der Waals surface area contributed by atoms with Crippen LogP contribution in [-0.4, -0.2) is 33.3 Å². The zero-order valence-corrected chi connectivity index (χ0v) is 17.0. The molecular formula is C19H21BrClNO4. The van der Waals surface area contributed by atoms with Crippen molar-refractivity contribution in [1.82, 2.24) is 5.32 Å². The van der Waals surface area contributed by atoms with Crippen LogP contribution >= 0.6 is 27.5 Å². The summed E-state index contributed by atoms with van der Waals surface area (Å²) in [5.41, 5.74) is 1.12. The molecule has 0 fully saturated rings. The number of nitrogens with one attached hydrogen (secondary N) is 1. The molecule has 1 N–H and O–H groups in total. The van der Waals surface area contributed by atoms with E-state index in [4.69, 9.17) is 25.8 Å². The number of halogens is 2. The Labute approximate surface area is 166 Å². The van der Waals surface area contributed by atoms with Crippen molar-refractivity contribution in [3.8, 4) is 17.2 Å². The summed E-state index contributed by atoms with van der Waals surface area (Å²) in [6, 6.07) is 11.0. The number of hydrogen-bond donors (Lipinski definition) is 1. The van der Waals surface area contributed by atoms with Crippen molar-refractivity contribution in [3.63, 3.8) is 0 Å². The molecule has 0 saturated heterocycles. The lowest BCUT2D eigenvalue weighted by atomic mass is 10.1. The van der Waals surface area contributed by atoms with Crippen molar-refractivity contribution in [2.24, 2.45) is 0 Å². The first-order valence-corrected chi connectivity index (χ1v) is 9.26. The second-order valence-electron chi connectivity index (χ2n) is 5.51. The van der Waals surface area contributed by atoms with Gasteiger partial charge in [0.25, 0.3) is 5.91 Å². The van der Waals surface area contributed by atoms with Gasteiger partial charge in [0.2, 0.25) is 0 Å². The van der Waals surface area contributed by atoms with Crippen LogP contribution in [0.2, 0.25) is 5.02 Å². The highest BCUT2D eigenvalue weighted by Crippen LogP contribution is 2.28. The topological polar surface area (TPSA) is 56.8 Å². The predicted molar refractivity (Wildman–Crippen MR) is 106 cm³/mol. The van der Waals surface area contributed by atoms with Gasteiger partial charge in [-0.1, -0.05) is 17.7 Å². The van der Waals surface area contributed by atoms with Gasteiger partial charge in [-0.25, -0.2) is 0 Å². The van der Waals surface area contributed by atoms with E-state index in [1.807, 2.05) is 18.2 Å². The van der Waals surface area contributed by atoms with E-state index in [1.165, 1.54) is 0 Å². The molecule has 7 heteroatoms. The van der Waals surface area contributed by atoms with Gasteiger partial charge in [0.05, 0.1) is 18.7 Å². The number of carbonyl (C=O) groups is 1. The van der Waals surface area contributed by atoms with Gasteiger partial charge in [-0.2, -0.15) is 0 Å². The highest BCUT2D eigenvalue weighted by molar-refractivity contribution is 9.10. The third-order valence-electron chi connectivity index (χ3n) is 3.67. The molecule has 0 aliphatic heterocycles. The van der Waals surface area contributed by atoms with Crippen LogP contribution in [0.15, 0.2) is 40.9 Å². The zero-order valence-electron chi connectivity index (χ0n) is 14.7. The number of carbonyl (C=O) groups excluding carboxylic acids is 1. The molecule has 0 bridgehead atoms. The fourth-order valence-electron chi connectivity index (χ4n) is 2.34. The van der Waals surface area contributed by atoms with E-state index in [2.05, 4.69) is 21.2 Å². The Morgan fingerprint density at radius 3 is 2.50 bits per heavy atom. The smallest absolute Gasteiger partial charge is 0.257 e. The van der Waals surface area contributed by atoms with E-state index >= 15 is 0 Å². The van der Waals surface area contributed by atoms with Crippen LogP contribution in [-0.2, 0) is 11.2 Å². The molecule has 5 nitrogen and oxygen atoms in total. The van der Waals surface area contributed by atoms with Gasteiger partial charge in [0.1, 0.15) is 5.75 Å². The van der Waals surface area contributed by atoms with E-state index in [0.29, 0.717) is 33.3 Å². The van der Waals surface area contributed by atoms with Crippen LogP contribution in [0.25, 0.3) is 0 Å². The van der Waals surface area contributed by atoms with Crippen molar-refractivity contribution in [2.45, 2.75) is 12.8 Å². The monoisotopic (exact) mass is 441 g/mol. The fourth-order valence-corrected chi connectivity index (χ4v) is 3.14. The SMILES string of the molecule is COc1ccc(CCCNC(=O)COc2ccc(Cl)cc2Br)cc1OC. The molecule has 0 heterocycles. The number of rotatable bonds is 9. The van der Waals surface area contributed by atoms with Gasteiger partial charge in [-0.3, -0.25) is 4.79 Å². The second kappa shape index (κ2) is 10.3. The Balaban J connectivity index is 1.71. The Morgan fingerprint density at radius 2 is 1.81 bits per heavy atom. The summed E-state index contributed by atoms with van der Waals surface area (Å²) in [7, 11) is 3.22. The van der Waals surface area contributed by atoms with Crippen molar-refractivity contribution < 1.29 is 19.0 Å². The largest absolute Gasteiger partial charge is 0.493 e. The highest BCUT2D eigenvalue weighted by Gasteiger charge is 2.07. The Hall–Kier alpha value is -1.92. The molecule has 0 spiro atoms. The molecule has 1 amide bonds. The summed E-state index contributed by atoms with van der Waals surface area (Å²) < 4.78 is 16.7. The van der Waals surface area contributed by atoms with Gasteiger partial charge in [0, 0.05) is 11.6 Å². The van der Waals surface area contributed by atoms with E-state index in [0.717, 1.165) is 18.4 Å². The van der Waals surface area contributed by atoms with Crippen LogP contribution in [0.4, 0.5) is 0 Å². The van der Waals surface area contributed by atoms with Crippen molar-refractivity contribution in [2.75, 3.05) is 27.4 Å². The molecule has 2 rings (SSSR count). The molecule has 0 atom stereocenters. The third kappa shape index (κ3) is 6.11. The molecule has 0 unspecified atom stereocenters. The summed E-state index contributed by atoms with van der Waals surface area (Å²) in [4.78, 5) is 11.9. The van der Waals surface area contributed by atoms with Gasteiger partial charge in [-0.15, -0.1) is 0 Å². The molecule has 0 aliphatic rings. The number of methoxy groups -OCH3 is 2. The number of aryl methyl sites for hydroxylation is 1. The Bertz CT molecular complexity index is 754. The molecule has 140 valence electrons. The van der Waals surface area contributed by atoms with Gasteiger partial charge in [0.15, 0.2) is 18.1 Å². The maximum absolute atomic E-state index is 11.9. The Morgan fingerprint density at radius 1 is 1.08 bits per heavy atom. The minimum absolute atomic E-state index is 0.0450. The molecule has 0 radical (unpaired) electrons. The lowest BCUT2D eigenvalue weighted by Crippen LogP contribution is -2.29. The summed E-state index contributed by atoms with van der Waals surface area (Å²) in [5, 5.41) is 3.44. The van der Waals surface area contributed by atoms with Crippen LogP contribution in [0, 0.1) is 0 Å². The number of amides is 1. The van der Waals surface area contributed by atoms with E-state index in [9.17, 15) is 4.79 Å². The molecule has 2 aromatic carbocycles. The average Bonchev–Trinajstić information content (AvgIpc) is 2.64. The molecule has 26 heavy (non-hydrogen) atoms. The maximum atomic E-state index is 11.9. The van der Waals surface area contributed by atoms with Crippen molar-refractivity contribution in [1.29, 1.82) is 0 Å².